The fourth-order valence-electron chi connectivity index (χ4n) is 5.89. The highest BCUT2D eigenvalue weighted by atomic mass is 32.2. The summed E-state index contributed by atoms with van der Waals surface area (Å²) < 4.78 is 10.8. The van der Waals surface area contributed by atoms with Crippen LogP contribution in [0.25, 0.3) is 6.08 Å². The number of benzene rings is 3. The molecule has 3 aromatic rings. The van der Waals surface area contributed by atoms with Crippen molar-refractivity contribution in [2.24, 2.45) is 0 Å². The fourth-order valence-corrected chi connectivity index (χ4v) is 7.36. The molecule has 0 bridgehead atoms. The lowest BCUT2D eigenvalue weighted by Gasteiger charge is -2.44. The van der Waals surface area contributed by atoms with E-state index in [0.29, 0.717) is 30.3 Å². The molecule has 3 aromatic carbocycles. The summed E-state index contributed by atoms with van der Waals surface area (Å²) >= 11 is 1.74. The summed E-state index contributed by atoms with van der Waals surface area (Å²) in [7, 11) is 3.26. The first-order chi connectivity index (χ1) is 20.4. The van der Waals surface area contributed by atoms with Crippen molar-refractivity contribution in [1.82, 2.24) is 10.2 Å². The summed E-state index contributed by atoms with van der Waals surface area (Å²) in [6, 6.07) is 19.9. The van der Waals surface area contributed by atoms with Gasteiger partial charge in [0.05, 0.1) is 19.1 Å². The number of methoxy groups -OCH3 is 2. The Morgan fingerprint density at radius 2 is 1.76 bits per heavy atom. The van der Waals surface area contributed by atoms with Crippen LogP contribution in [0.1, 0.15) is 63.9 Å². The Bertz CT molecular complexity index is 1470. The maximum atomic E-state index is 13.8. The number of ether oxygens (including phenoxy) is 2. The minimum Gasteiger partial charge on any atom is -0.497 e. The Kier molecular flexibility index (Phi) is 9.58. The van der Waals surface area contributed by atoms with Gasteiger partial charge in [0.15, 0.2) is 0 Å². The second-order valence-corrected chi connectivity index (χ2v) is 12.5. The van der Waals surface area contributed by atoms with Gasteiger partial charge in [-0.15, -0.1) is 11.8 Å². The van der Waals surface area contributed by atoms with E-state index in [1.54, 1.807) is 26.0 Å². The average molecular weight is 585 g/mol. The Labute approximate surface area is 253 Å². The van der Waals surface area contributed by atoms with Crippen LogP contribution in [0.2, 0.25) is 0 Å². The lowest BCUT2D eigenvalue weighted by Crippen LogP contribution is -2.50. The molecule has 5 rings (SSSR count). The van der Waals surface area contributed by atoms with Gasteiger partial charge in [0.25, 0.3) is 11.8 Å². The number of carbonyl (C=O) groups is 2. The Morgan fingerprint density at radius 3 is 2.52 bits per heavy atom. The minimum absolute atomic E-state index is 0.110. The van der Waals surface area contributed by atoms with Crippen LogP contribution in [0.4, 0.5) is 0 Å². The van der Waals surface area contributed by atoms with Crippen LogP contribution >= 0.6 is 11.8 Å². The van der Waals surface area contributed by atoms with Gasteiger partial charge in [0.1, 0.15) is 11.5 Å². The second-order valence-electron chi connectivity index (χ2n) is 11.2. The van der Waals surface area contributed by atoms with Gasteiger partial charge >= 0.3 is 0 Å². The molecule has 2 aliphatic rings. The third-order valence-electron chi connectivity index (χ3n) is 8.30. The van der Waals surface area contributed by atoms with E-state index in [2.05, 4.69) is 42.3 Å². The number of hydrogen-bond acceptors (Lipinski definition) is 5. The topological polar surface area (TPSA) is 67.9 Å². The Morgan fingerprint density at radius 1 is 0.976 bits per heavy atom. The molecule has 42 heavy (non-hydrogen) atoms. The fraction of sp³-hybridized carbons (Fsp3) is 0.371. The van der Waals surface area contributed by atoms with Gasteiger partial charge in [0.2, 0.25) is 0 Å². The van der Waals surface area contributed by atoms with E-state index in [1.807, 2.05) is 48.5 Å². The third kappa shape index (κ3) is 6.84. The summed E-state index contributed by atoms with van der Waals surface area (Å²) in [5.41, 5.74) is 6.14. The molecule has 1 heterocycles. The molecule has 1 saturated heterocycles. The summed E-state index contributed by atoms with van der Waals surface area (Å²) in [6.07, 6.45) is 7.19. The molecule has 2 unspecified atom stereocenters. The molecule has 1 N–H and O–H groups in total. The number of thioether (sulfide) groups is 1. The molecule has 0 aromatic heterocycles. The lowest BCUT2D eigenvalue weighted by atomic mass is 9.92. The van der Waals surface area contributed by atoms with E-state index in [1.165, 1.54) is 29.5 Å². The third-order valence-corrected chi connectivity index (χ3v) is 9.70. The van der Waals surface area contributed by atoms with E-state index in [0.717, 1.165) is 40.4 Å². The smallest absolute Gasteiger partial charge is 0.260 e. The molecule has 7 heteroatoms. The molecule has 1 aliphatic carbocycles. The van der Waals surface area contributed by atoms with Crippen molar-refractivity contribution in [2.45, 2.75) is 63.8 Å². The highest BCUT2D eigenvalue weighted by Crippen LogP contribution is 2.43. The standard InChI is InChI=1S/C35H40N2O4S/c1-23-9-10-24(2)28(19-23)22-37-30-7-5-6-8-32(30)42-33(35(37)39)20-25-11-13-26(14-12-25)34(38)36-18-17-27-21-29(40-3)15-16-31(27)41-4/h9-16,19-21,30,32H,5-8,17-18,22H2,1-4H3,(H,36,38)/b33-20-. The first kappa shape index (κ1) is 29.8. The molecule has 1 aliphatic heterocycles. The van der Waals surface area contributed by atoms with Gasteiger partial charge in [-0.25, -0.2) is 0 Å². The van der Waals surface area contributed by atoms with Gasteiger partial charge in [-0.1, -0.05) is 48.7 Å². The van der Waals surface area contributed by atoms with Crippen molar-refractivity contribution < 1.29 is 19.1 Å². The van der Waals surface area contributed by atoms with Crippen molar-refractivity contribution >= 4 is 29.7 Å². The quantitative estimate of drug-likeness (QED) is 0.283. The van der Waals surface area contributed by atoms with Crippen LogP contribution in [0.5, 0.6) is 11.5 Å². The number of rotatable bonds is 9. The number of nitrogens with one attached hydrogen (secondary N) is 1. The Balaban J connectivity index is 1.26. The van der Waals surface area contributed by atoms with Crippen LogP contribution in [0.15, 0.2) is 65.6 Å². The number of fused-ring (bicyclic) bond motifs is 1. The molecule has 1 saturated carbocycles. The Hall–Kier alpha value is -3.71. The van der Waals surface area contributed by atoms with Gasteiger partial charge in [-0.2, -0.15) is 0 Å². The number of hydrogen-bond donors (Lipinski definition) is 1. The van der Waals surface area contributed by atoms with Crippen molar-refractivity contribution in [1.29, 1.82) is 0 Å². The predicted molar refractivity (Wildman–Crippen MR) is 170 cm³/mol. The molecular weight excluding hydrogens is 544 g/mol. The first-order valence-corrected chi connectivity index (χ1v) is 15.6. The summed E-state index contributed by atoms with van der Waals surface area (Å²) in [5.74, 6) is 1.50. The minimum atomic E-state index is -0.135. The predicted octanol–water partition coefficient (Wildman–Crippen LogP) is 6.72. The summed E-state index contributed by atoms with van der Waals surface area (Å²) in [5, 5.41) is 3.41. The molecule has 2 fully saturated rings. The van der Waals surface area contributed by atoms with Gasteiger partial charge < -0.3 is 19.7 Å². The van der Waals surface area contributed by atoms with Crippen LogP contribution in [-0.4, -0.2) is 48.8 Å². The second kappa shape index (κ2) is 13.5. The van der Waals surface area contributed by atoms with Crippen LogP contribution in [-0.2, 0) is 17.8 Å². The van der Waals surface area contributed by atoms with Gasteiger partial charge in [-0.05, 0) is 91.8 Å². The maximum absolute atomic E-state index is 13.8. The van der Waals surface area contributed by atoms with E-state index in [-0.39, 0.29) is 17.9 Å². The van der Waals surface area contributed by atoms with E-state index >= 15 is 0 Å². The first-order valence-electron chi connectivity index (χ1n) is 14.7. The average Bonchev–Trinajstić information content (AvgIpc) is 3.01. The molecule has 2 amide bonds. The number of carbonyl (C=O) groups excluding carboxylic acids is 2. The largest absolute Gasteiger partial charge is 0.497 e. The van der Waals surface area contributed by atoms with Crippen LogP contribution < -0.4 is 14.8 Å². The number of nitrogens with zero attached hydrogens (tertiary/aromatic N) is 1. The summed E-state index contributed by atoms with van der Waals surface area (Å²) in [4.78, 5) is 29.6. The molecule has 220 valence electrons. The number of amides is 2. The van der Waals surface area contributed by atoms with Crippen molar-refractivity contribution in [3.05, 3.63) is 98.9 Å². The highest BCUT2D eigenvalue weighted by molar-refractivity contribution is 8.04. The van der Waals surface area contributed by atoms with E-state index < -0.39 is 0 Å². The van der Waals surface area contributed by atoms with E-state index in [4.69, 9.17) is 9.47 Å². The van der Waals surface area contributed by atoms with Crippen molar-refractivity contribution in [3.63, 3.8) is 0 Å². The SMILES string of the molecule is COc1ccc(OC)c(CCNC(=O)c2ccc(/C=C3\SC4CCCCC4N(Cc4cc(C)ccc4C)C3=O)cc2)c1. The molecular formula is C35H40N2O4S. The highest BCUT2D eigenvalue weighted by Gasteiger charge is 2.40. The molecule has 0 spiro atoms. The number of aryl methyl sites for hydroxylation is 2. The zero-order valence-corrected chi connectivity index (χ0v) is 25.8. The zero-order chi connectivity index (χ0) is 29.6. The van der Waals surface area contributed by atoms with Crippen molar-refractivity contribution in [2.75, 3.05) is 20.8 Å². The lowest BCUT2D eigenvalue weighted by molar-refractivity contribution is -0.130. The molecule has 0 radical (unpaired) electrons. The molecule has 2 atom stereocenters. The maximum Gasteiger partial charge on any atom is 0.260 e. The van der Waals surface area contributed by atoms with Crippen molar-refractivity contribution in [3.8, 4) is 11.5 Å². The molecule has 6 nitrogen and oxygen atoms in total. The zero-order valence-electron chi connectivity index (χ0n) is 24.9. The normalized spacial score (nSPS) is 19.4. The van der Waals surface area contributed by atoms with Gasteiger partial charge in [0, 0.05) is 29.9 Å². The summed E-state index contributed by atoms with van der Waals surface area (Å²) in [6.45, 7) is 5.35. The van der Waals surface area contributed by atoms with Crippen LogP contribution in [0.3, 0.4) is 0 Å². The van der Waals surface area contributed by atoms with Crippen LogP contribution in [0, 0.1) is 13.8 Å². The van der Waals surface area contributed by atoms with E-state index in [9.17, 15) is 9.59 Å². The monoisotopic (exact) mass is 584 g/mol. The van der Waals surface area contributed by atoms with Gasteiger partial charge in [-0.3, -0.25) is 9.59 Å².